The second-order valence-corrected chi connectivity index (χ2v) is 10.8. The average molecular weight is 606 g/mol. The topological polar surface area (TPSA) is 71.8 Å². The maximum Gasteiger partial charge on any atom is 0.416 e. The Morgan fingerprint density at radius 1 is 0.860 bits per heavy atom. The molecule has 0 saturated heterocycles. The Bertz CT molecular complexity index is 1660. The number of urea groups is 1. The van der Waals surface area contributed by atoms with Gasteiger partial charge >= 0.3 is 12.2 Å². The van der Waals surface area contributed by atoms with Crippen molar-refractivity contribution in [2.45, 2.75) is 36.5 Å². The third kappa shape index (κ3) is 7.81. The molecule has 0 saturated carbocycles. The first-order valence-electron chi connectivity index (χ1n) is 13.3. The molecule has 2 amide bonds. The summed E-state index contributed by atoms with van der Waals surface area (Å²) in [5.74, 6) is 0.662. The molecule has 6 nitrogen and oxygen atoms in total. The molecule has 0 radical (unpaired) electrons. The number of alkyl halides is 3. The van der Waals surface area contributed by atoms with E-state index in [0.717, 1.165) is 34.5 Å². The second-order valence-electron chi connectivity index (χ2n) is 9.84. The number of carbonyl (C=O) groups excluding carboxylic acids is 1. The smallest absolute Gasteiger partial charge is 0.327 e. The molecule has 0 aliphatic rings. The fourth-order valence-corrected chi connectivity index (χ4v) is 5.30. The molecule has 5 aromatic rings. The van der Waals surface area contributed by atoms with Gasteiger partial charge in [-0.15, -0.1) is 10.2 Å². The highest BCUT2D eigenvalue weighted by Gasteiger charge is 2.30. The number of carbonyl (C=O) groups is 1. The maximum absolute atomic E-state index is 13.4. The molecule has 0 fully saturated rings. The number of thioether (sulfide) groups is 1. The lowest BCUT2D eigenvalue weighted by molar-refractivity contribution is -0.137. The predicted octanol–water partition coefficient (Wildman–Crippen LogP) is 8.13. The molecule has 0 spiro atoms. The zero-order valence-corrected chi connectivity index (χ0v) is 23.8. The van der Waals surface area contributed by atoms with Gasteiger partial charge in [0.2, 0.25) is 0 Å². The van der Waals surface area contributed by atoms with Crippen LogP contribution in [0.15, 0.2) is 108 Å². The number of aryl methyl sites for hydroxylation is 1. The minimum Gasteiger partial charge on any atom is -0.327 e. The molecule has 11 heteroatoms. The zero-order valence-electron chi connectivity index (χ0n) is 23.0. The van der Waals surface area contributed by atoms with Gasteiger partial charge in [0.15, 0.2) is 11.0 Å². The molecule has 0 aliphatic carbocycles. The average Bonchev–Trinajstić information content (AvgIpc) is 3.41. The van der Waals surface area contributed by atoms with Crippen LogP contribution >= 0.6 is 11.8 Å². The minimum absolute atomic E-state index is 0.208. The van der Waals surface area contributed by atoms with Crippen molar-refractivity contribution in [2.75, 3.05) is 5.32 Å². The van der Waals surface area contributed by atoms with Crippen molar-refractivity contribution in [3.63, 3.8) is 0 Å². The van der Waals surface area contributed by atoms with Crippen LogP contribution in [0.5, 0.6) is 0 Å². The Morgan fingerprint density at radius 3 is 2.19 bits per heavy atom. The number of amides is 2. The largest absolute Gasteiger partial charge is 0.416 e. The molecule has 1 heterocycles. The van der Waals surface area contributed by atoms with E-state index in [1.807, 2.05) is 66.1 Å². The molecular formula is C32H27F4N5OS. The van der Waals surface area contributed by atoms with Gasteiger partial charge in [0.1, 0.15) is 5.82 Å². The molecule has 43 heavy (non-hydrogen) atoms. The van der Waals surface area contributed by atoms with E-state index in [4.69, 9.17) is 0 Å². The highest BCUT2D eigenvalue weighted by atomic mass is 32.2. The molecule has 5 rings (SSSR count). The Labute approximate surface area is 250 Å². The van der Waals surface area contributed by atoms with E-state index in [-0.39, 0.29) is 11.5 Å². The number of anilines is 1. The van der Waals surface area contributed by atoms with Gasteiger partial charge in [0.25, 0.3) is 0 Å². The lowest BCUT2D eigenvalue weighted by Gasteiger charge is -2.21. The summed E-state index contributed by atoms with van der Waals surface area (Å²) in [6, 6.07) is 26.5. The number of hydrogen-bond donors (Lipinski definition) is 2. The predicted molar refractivity (Wildman–Crippen MR) is 159 cm³/mol. The molecule has 0 bridgehead atoms. The van der Waals surface area contributed by atoms with E-state index in [9.17, 15) is 22.4 Å². The van der Waals surface area contributed by atoms with E-state index >= 15 is 0 Å². The Balaban J connectivity index is 1.46. The van der Waals surface area contributed by atoms with E-state index < -0.39 is 23.8 Å². The standard InChI is InChI=1S/C32H27F4N5OS/c1-21-7-17-27(18-8-21)41-29(39-40-31(41)43-20-23-9-13-25(33)14-10-23)28(19-22-5-3-2-4-6-22)38-30(42)37-26-15-11-24(12-16-26)32(34,35)36/h2-18,28H,19-20H2,1H3,(H2,37,38,42)/t28-/m0/s1. The van der Waals surface area contributed by atoms with Crippen LogP contribution in [0.25, 0.3) is 5.69 Å². The molecule has 1 atom stereocenters. The highest BCUT2D eigenvalue weighted by molar-refractivity contribution is 7.98. The monoisotopic (exact) mass is 605 g/mol. The number of rotatable bonds is 9. The van der Waals surface area contributed by atoms with Crippen molar-refractivity contribution in [2.24, 2.45) is 0 Å². The first kappa shape index (κ1) is 29.8. The van der Waals surface area contributed by atoms with Gasteiger partial charge in [-0.25, -0.2) is 9.18 Å². The number of hydrogen-bond acceptors (Lipinski definition) is 4. The van der Waals surface area contributed by atoms with Crippen LogP contribution in [0.1, 0.15) is 34.1 Å². The summed E-state index contributed by atoms with van der Waals surface area (Å²) in [5, 5.41) is 15.1. The molecule has 2 N–H and O–H groups in total. The number of nitrogens with zero attached hydrogens (tertiary/aromatic N) is 3. The molecule has 1 aromatic heterocycles. The first-order valence-corrected chi connectivity index (χ1v) is 14.3. The lowest BCUT2D eigenvalue weighted by Crippen LogP contribution is -2.35. The summed E-state index contributed by atoms with van der Waals surface area (Å²) in [5.41, 5.74) is 3.09. The van der Waals surface area contributed by atoms with Crippen LogP contribution in [-0.2, 0) is 18.3 Å². The van der Waals surface area contributed by atoms with Crippen molar-refractivity contribution in [3.8, 4) is 5.69 Å². The molecule has 0 unspecified atom stereocenters. The van der Waals surface area contributed by atoms with Crippen LogP contribution in [0.4, 0.5) is 28.0 Å². The zero-order chi connectivity index (χ0) is 30.4. The van der Waals surface area contributed by atoms with Crippen molar-refractivity contribution >= 4 is 23.5 Å². The second kappa shape index (κ2) is 13.1. The normalized spacial score (nSPS) is 12.1. The van der Waals surface area contributed by atoms with Crippen molar-refractivity contribution < 1.29 is 22.4 Å². The third-order valence-electron chi connectivity index (χ3n) is 6.60. The van der Waals surface area contributed by atoms with Crippen molar-refractivity contribution in [1.82, 2.24) is 20.1 Å². The SMILES string of the molecule is Cc1ccc(-n2c(SCc3ccc(F)cc3)nnc2[C@H](Cc2ccccc2)NC(=O)Nc2ccc(C(F)(F)F)cc2)cc1. The van der Waals surface area contributed by atoms with Crippen LogP contribution in [0, 0.1) is 12.7 Å². The lowest BCUT2D eigenvalue weighted by atomic mass is 10.1. The fraction of sp³-hybridized carbons (Fsp3) is 0.156. The summed E-state index contributed by atoms with van der Waals surface area (Å²) >= 11 is 1.42. The van der Waals surface area contributed by atoms with E-state index in [1.54, 1.807) is 12.1 Å². The highest BCUT2D eigenvalue weighted by Crippen LogP contribution is 2.31. The van der Waals surface area contributed by atoms with Crippen molar-refractivity contribution in [1.29, 1.82) is 0 Å². The Hall–Kier alpha value is -4.64. The third-order valence-corrected chi connectivity index (χ3v) is 7.60. The number of benzene rings is 4. The van der Waals surface area contributed by atoms with Gasteiger partial charge in [-0.05, 0) is 66.6 Å². The van der Waals surface area contributed by atoms with Crippen LogP contribution in [0.3, 0.4) is 0 Å². The van der Waals surface area contributed by atoms with Gasteiger partial charge in [-0.1, -0.05) is 71.9 Å². The minimum atomic E-state index is -4.48. The van der Waals surface area contributed by atoms with E-state index in [1.165, 1.54) is 36.0 Å². The molecule has 220 valence electrons. The Morgan fingerprint density at radius 2 is 1.53 bits per heavy atom. The van der Waals surface area contributed by atoms with E-state index in [2.05, 4.69) is 20.8 Å². The molecular weight excluding hydrogens is 578 g/mol. The summed E-state index contributed by atoms with van der Waals surface area (Å²) in [4.78, 5) is 13.2. The van der Waals surface area contributed by atoms with Gasteiger partial charge in [-0.3, -0.25) is 4.57 Å². The molecule has 0 aliphatic heterocycles. The first-order chi connectivity index (χ1) is 20.7. The quantitative estimate of drug-likeness (QED) is 0.131. The van der Waals surface area contributed by atoms with Gasteiger partial charge in [0, 0.05) is 23.5 Å². The van der Waals surface area contributed by atoms with Gasteiger partial charge in [0.05, 0.1) is 11.6 Å². The summed E-state index contributed by atoms with van der Waals surface area (Å²) < 4.78 is 54.3. The Kier molecular flexibility index (Phi) is 9.10. The maximum atomic E-state index is 13.4. The number of nitrogens with one attached hydrogen (secondary N) is 2. The number of aromatic nitrogens is 3. The van der Waals surface area contributed by atoms with Crippen LogP contribution in [0.2, 0.25) is 0 Å². The molecule has 4 aromatic carbocycles. The fourth-order valence-electron chi connectivity index (χ4n) is 4.39. The summed E-state index contributed by atoms with van der Waals surface area (Å²) in [6.07, 6.45) is -4.11. The van der Waals surface area contributed by atoms with Gasteiger partial charge < -0.3 is 10.6 Å². The number of halogens is 4. The van der Waals surface area contributed by atoms with Crippen LogP contribution < -0.4 is 10.6 Å². The van der Waals surface area contributed by atoms with E-state index in [0.29, 0.717) is 23.2 Å². The summed E-state index contributed by atoms with van der Waals surface area (Å²) in [6.45, 7) is 1.98. The van der Waals surface area contributed by atoms with Gasteiger partial charge in [-0.2, -0.15) is 13.2 Å². The van der Waals surface area contributed by atoms with Crippen LogP contribution in [-0.4, -0.2) is 20.8 Å². The summed E-state index contributed by atoms with van der Waals surface area (Å²) in [7, 11) is 0. The van der Waals surface area contributed by atoms with Crippen molar-refractivity contribution in [3.05, 3.63) is 137 Å².